The van der Waals surface area contributed by atoms with E-state index in [9.17, 15) is 18.0 Å². The second kappa shape index (κ2) is 6.27. The first-order chi connectivity index (χ1) is 11.8. The highest BCUT2D eigenvalue weighted by atomic mass is 19.4. The Hall–Kier alpha value is -3.36. The van der Waals surface area contributed by atoms with Crippen molar-refractivity contribution in [3.63, 3.8) is 0 Å². The standard InChI is InChI=1S/C16H11F3N4O2/c17-16(18,19)11-2-1-3-13(6-11)23-9-12(8-21-23)22-14-5-4-10(7-20-14)15(24)25/h1-9H,(H,20,22)(H,24,25). The Morgan fingerprint density at radius 2 is 1.96 bits per heavy atom. The highest BCUT2D eigenvalue weighted by Crippen LogP contribution is 2.30. The minimum atomic E-state index is -4.43. The Labute approximate surface area is 139 Å². The molecule has 0 fully saturated rings. The molecule has 2 heterocycles. The summed E-state index contributed by atoms with van der Waals surface area (Å²) in [5.74, 6) is -0.704. The van der Waals surface area contributed by atoms with E-state index >= 15 is 0 Å². The van der Waals surface area contributed by atoms with Crippen molar-refractivity contribution in [1.82, 2.24) is 14.8 Å². The molecular weight excluding hydrogens is 337 g/mol. The lowest BCUT2D eigenvalue weighted by Crippen LogP contribution is -2.06. The van der Waals surface area contributed by atoms with Gasteiger partial charge in [-0.25, -0.2) is 14.5 Å². The smallest absolute Gasteiger partial charge is 0.416 e. The summed E-state index contributed by atoms with van der Waals surface area (Å²) in [5.41, 5.74) is 0.0381. The molecule has 0 aliphatic rings. The largest absolute Gasteiger partial charge is 0.478 e. The molecule has 3 rings (SSSR count). The van der Waals surface area contributed by atoms with Crippen molar-refractivity contribution in [2.24, 2.45) is 0 Å². The monoisotopic (exact) mass is 348 g/mol. The Balaban J connectivity index is 1.80. The molecule has 0 bridgehead atoms. The van der Waals surface area contributed by atoms with Crippen LogP contribution in [0.3, 0.4) is 0 Å². The first kappa shape index (κ1) is 16.5. The van der Waals surface area contributed by atoms with E-state index in [-0.39, 0.29) is 11.3 Å². The highest BCUT2D eigenvalue weighted by molar-refractivity contribution is 5.87. The van der Waals surface area contributed by atoms with E-state index in [2.05, 4.69) is 15.4 Å². The molecule has 0 aliphatic heterocycles. The lowest BCUT2D eigenvalue weighted by Gasteiger charge is -2.08. The van der Waals surface area contributed by atoms with Crippen molar-refractivity contribution in [3.05, 3.63) is 66.1 Å². The van der Waals surface area contributed by atoms with E-state index in [0.29, 0.717) is 11.5 Å². The number of carbonyl (C=O) groups is 1. The summed E-state index contributed by atoms with van der Waals surface area (Å²) in [6.45, 7) is 0. The van der Waals surface area contributed by atoms with E-state index < -0.39 is 17.7 Å². The molecule has 2 aromatic heterocycles. The van der Waals surface area contributed by atoms with Gasteiger partial charge in [0.05, 0.1) is 34.9 Å². The number of carboxylic acid groups (broad SMARTS) is 1. The third-order valence-electron chi connectivity index (χ3n) is 3.30. The predicted octanol–water partition coefficient (Wildman–Crippen LogP) is 3.73. The third-order valence-corrected chi connectivity index (χ3v) is 3.30. The van der Waals surface area contributed by atoms with Gasteiger partial charge in [0.25, 0.3) is 0 Å². The van der Waals surface area contributed by atoms with Crippen molar-refractivity contribution in [2.45, 2.75) is 6.18 Å². The van der Waals surface area contributed by atoms with Gasteiger partial charge in [0, 0.05) is 6.20 Å². The summed E-state index contributed by atoms with van der Waals surface area (Å²) in [4.78, 5) is 14.7. The molecule has 6 nitrogen and oxygen atoms in total. The van der Waals surface area contributed by atoms with Crippen molar-refractivity contribution in [1.29, 1.82) is 0 Å². The number of aromatic carboxylic acids is 1. The fraction of sp³-hybridized carbons (Fsp3) is 0.0625. The zero-order valence-electron chi connectivity index (χ0n) is 12.5. The molecule has 1 aromatic carbocycles. The predicted molar refractivity (Wildman–Crippen MR) is 83.0 cm³/mol. The van der Waals surface area contributed by atoms with E-state index in [4.69, 9.17) is 5.11 Å². The number of rotatable bonds is 4. The fourth-order valence-electron chi connectivity index (χ4n) is 2.10. The van der Waals surface area contributed by atoms with Gasteiger partial charge in [0.2, 0.25) is 0 Å². The molecule has 0 atom stereocenters. The first-order valence-corrected chi connectivity index (χ1v) is 7.01. The van der Waals surface area contributed by atoms with Crippen LogP contribution in [-0.4, -0.2) is 25.8 Å². The summed E-state index contributed by atoms with van der Waals surface area (Å²) in [5, 5.41) is 15.7. The van der Waals surface area contributed by atoms with Crippen LogP contribution in [0.2, 0.25) is 0 Å². The van der Waals surface area contributed by atoms with Crippen LogP contribution in [0.4, 0.5) is 24.7 Å². The summed E-state index contributed by atoms with van der Waals surface area (Å²) in [7, 11) is 0. The molecule has 2 N–H and O–H groups in total. The van der Waals surface area contributed by atoms with Gasteiger partial charge in [-0.05, 0) is 30.3 Å². The normalized spacial score (nSPS) is 11.3. The lowest BCUT2D eigenvalue weighted by atomic mass is 10.2. The number of alkyl halides is 3. The summed E-state index contributed by atoms with van der Waals surface area (Å²) < 4.78 is 39.6. The van der Waals surface area contributed by atoms with Crippen molar-refractivity contribution < 1.29 is 23.1 Å². The SMILES string of the molecule is O=C(O)c1ccc(Nc2cnn(-c3cccc(C(F)(F)F)c3)c2)nc1. The molecule has 0 amide bonds. The van der Waals surface area contributed by atoms with Crippen molar-refractivity contribution in [3.8, 4) is 5.69 Å². The molecular formula is C16H11F3N4O2. The number of halogens is 3. The van der Waals surface area contributed by atoms with Crippen LogP contribution in [0.15, 0.2) is 55.0 Å². The Kier molecular flexibility index (Phi) is 4.14. The zero-order chi connectivity index (χ0) is 18.0. The molecule has 0 spiro atoms. The number of benzene rings is 1. The fourth-order valence-corrected chi connectivity index (χ4v) is 2.10. The van der Waals surface area contributed by atoms with Crippen LogP contribution in [0.5, 0.6) is 0 Å². The first-order valence-electron chi connectivity index (χ1n) is 7.01. The van der Waals surface area contributed by atoms with Gasteiger partial charge in [-0.3, -0.25) is 0 Å². The second-order valence-corrected chi connectivity index (χ2v) is 5.08. The number of nitrogens with one attached hydrogen (secondary N) is 1. The molecule has 0 radical (unpaired) electrons. The maximum Gasteiger partial charge on any atom is 0.416 e. The number of pyridine rings is 1. The van der Waals surface area contributed by atoms with Gasteiger partial charge >= 0.3 is 12.1 Å². The Morgan fingerprint density at radius 3 is 2.60 bits per heavy atom. The number of aromatic nitrogens is 3. The van der Waals surface area contributed by atoms with Crippen LogP contribution in [0.25, 0.3) is 5.69 Å². The minimum absolute atomic E-state index is 0.0465. The highest BCUT2D eigenvalue weighted by Gasteiger charge is 2.30. The average molecular weight is 348 g/mol. The molecule has 0 saturated carbocycles. The minimum Gasteiger partial charge on any atom is -0.478 e. The topological polar surface area (TPSA) is 80.0 Å². The molecule has 9 heteroatoms. The van der Waals surface area contributed by atoms with Crippen LogP contribution in [0.1, 0.15) is 15.9 Å². The van der Waals surface area contributed by atoms with Gasteiger partial charge < -0.3 is 10.4 Å². The maximum atomic E-state index is 12.8. The van der Waals surface area contributed by atoms with E-state index in [1.54, 1.807) is 0 Å². The summed E-state index contributed by atoms with van der Waals surface area (Å²) in [6, 6.07) is 7.65. The molecule has 0 unspecified atom stereocenters. The van der Waals surface area contributed by atoms with Crippen LogP contribution in [-0.2, 0) is 6.18 Å². The van der Waals surface area contributed by atoms with Crippen LogP contribution < -0.4 is 5.32 Å². The van der Waals surface area contributed by atoms with Crippen LogP contribution >= 0.6 is 0 Å². The lowest BCUT2D eigenvalue weighted by molar-refractivity contribution is -0.137. The quantitative estimate of drug-likeness (QED) is 0.751. The molecule has 128 valence electrons. The second-order valence-electron chi connectivity index (χ2n) is 5.08. The van der Waals surface area contributed by atoms with Gasteiger partial charge in [-0.15, -0.1) is 0 Å². The Morgan fingerprint density at radius 1 is 1.16 bits per heavy atom. The number of carboxylic acids is 1. The summed E-state index contributed by atoms with van der Waals surface area (Å²) in [6.07, 6.45) is -0.308. The van der Waals surface area contributed by atoms with Gasteiger partial charge in [0.1, 0.15) is 5.82 Å². The Bertz CT molecular complexity index is 904. The summed E-state index contributed by atoms with van der Waals surface area (Å²) >= 11 is 0. The number of hydrogen-bond acceptors (Lipinski definition) is 4. The zero-order valence-corrected chi connectivity index (χ0v) is 12.5. The molecule has 0 saturated heterocycles. The van der Waals surface area contributed by atoms with Crippen molar-refractivity contribution >= 4 is 17.5 Å². The van der Waals surface area contributed by atoms with Crippen molar-refractivity contribution in [2.75, 3.05) is 5.32 Å². The number of hydrogen-bond donors (Lipinski definition) is 2. The molecule has 3 aromatic rings. The number of anilines is 2. The third kappa shape index (κ3) is 3.77. The molecule has 25 heavy (non-hydrogen) atoms. The van der Waals surface area contributed by atoms with Gasteiger partial charge in [0.15, 0.2) is 0 Å². The molecule has 0 aliphatic carbocycles. The van der Waals surface area contributed by atoms with E-state index in [1.807, 2.05) is 0 Å². The average Bonchev–Trinajstić information content (AvgIpc) is 3.03. The van der Waals surface area contributed by atoms with Crippen LogP contribution in [0, 0.1) is 0 Å². The van der Waals surface area contributed by atoms with Gasteiger partial charge in [-0.2, -0.15) is 18.3 Å². The maximum absolute atomic E-state index is 12.8. The van der Waals surface area contributed by atoms with E-state index in [0.717, 1.165) is 12.1 Å². The van der Waals surface area contributed by atoms with E-state index in [1.165, 1.54) is 47.5 Å². The number of nitrogens with zero attached hydrogens (tertiary/aromatic N) is 3. The van der Waals surface area contributed by atoms with Gasteiger partial charge in [-0.1, -0.05) is 6.07 Å².